The van der Waals surface area contributed by atoms with Crippen molar-refractivity contribution in [3.8, 4) is 5.88 Å². The van der Waals surface area contributed by atoms with E-state index < -0.39 is 0 Å². The monoisotopic (exact) mass is 278 g/mol. The van der Waals surface area contributed by atoms with Crippen LogP contribution in [-0.2, 0) is 0 Å². The molecule has 1 fully saturated rings. The molecule has 1 heterocycles. The number of hydrogen-bond acceptors (Lipinski definition) is 5. The van der Waals surface area contributed by atoms with E-state index in [4.69, 9.17) is 10.5 Å². The van der Waals surface area contributed by atoms with Crippen LogP contribution >= 0.6 is 0 Å². The lowest BCUT2D eigenvalue weighted by molar-refractivity contribution is 0.304. The molecule has 112 valence electrons. The van der Waals surface area contributed by atoms with Crippen LogP contribution in [0.1, 0.15) is 44.7 Å². The molecule has 5 nitrogen and oxygen atoms in total. The van der Waals surface area contributed by atoms with E-state index in [0.29, 0.717) is 30.9 Å². The van der Waals surface area contributed by atoms with E-state index in [0.717, 1.165) is 12.1 Å². The molecule has 1 saturated carbocycles. The Balaban J connectivity index is 2.04. The zero-order chi connectivity index (χ0) is 14.4. The van der Waals surface area contributed by atoms with Crippen molar-refractivity contribution in [1.82, 2.24) is 9.97 Å². The molecular weight excluding hydrogens is 252 g/mol. The fourth-order valence-corrected chi connectivity index (χ4v) is 2.78. The summed E-state index contributed by atoms with van der Waals surface area (Å²) in [5, 5.41) is 3.40. The van der Waals surface area contributed by atoms with Crippen molar-refractivity contribution in [2.45, 2.75) is 52.0 Å². The third-order valence-electron chi connectivity index (χ3n) is 3.82. The van der Waals surface area contributed by atoms with Crippen molar-refractivity contribution < 1.29 is 4.74 Å². The molecule has 5 heteroatoms. The Morgan fingerprint density at radius 2 is 2.15 bits per heavy atom. The number of nitrogens with zero attached hydrogens (tertiary/aromatic N) is 2. The smallest absolute Gasteiger partial charge is 0.226 e. The Morgan fingerprint density at radius 1 is 1.40 bits per heavy atom. The molecule has 1 aromatic rings. The lowest BCUT2D eigenvalue weighted by atomic mass is 9.98. The highest BCUT2D eigenvalue weighted by molar-refractivity contribution is 5.32. The van der Waals surface area contributed by atoms with Crippen LogP contribution in [0, 0.1) is 12.8 Å². The van der Waals surface area contributed by atoms with Crippen LogP contribution in [0.5, 0.6) is 5.88 Å². The second-order valence-corrected chi connectivity index (χ2v) is 5.55. The highest BCUT2D eigenvalue weighted by atomic mass is 16.5. The van der Waals surface area contributed by atoms with Crippen LogP contribution in [0.2, 0.25) is 0 Å². The minimum absolute atomic E-state index is 0.262. The van der Waals surface area contributed by atoms with Gasteiger partial charge in [0.05, 0.1) is 6.61 Å². The molecule has 0 amide bonds. The summed E-state index contributed by atoms with van der Waals surface area (Å²) in [7, 11) is 0. The van der Waals surface area contributed by atoms with Gasteiger partial charge >= 0.3 is 0 Å². The number of rotatable bonds is 7. The first-order valence-corrected chi connectivity index (χ1v) is 7.68. The van der Waals surface area contributed by atoms with E-state index in [9.17, 15) is 0 Å². The molecule has 0 spiro atoms. The van der Waals surface area contributed by atoms with Crippen molar-refractivity contribution in [3.05, 3.63) is 11.8 Å². The Bertz CT molecular complexity index is 418. The average molecular weight is 278 g/mol. The van der Waals surface area contributed by atoms with Gasteiger partial charge in [-0.1, -0.05) is 19.8 Å². The predicted molar refractivity (Wildman–Crippen MR) is 81.0 cm³/mol. The second-order valence-electron chi connectivity index (χ2n) is 5.55. The van der Waals surface area contributed by atoms with Crippen LogP contribution in [-0.4, -0.2) is 29.2 Å². The molecule has 1 aliphatic carbocycles. The summed E-state index contributed by atoms with van der Waals surface area (Å²) >= 11 is 0. The summed E-state index contributed by atoms with van der Waals surface area (Å²) in [5.74, 6) is 1.92. The lowest BCUT2D eigenvalue weighted by Gasteiger charge is -2.23. The molecule has 1 atom stereocenters. The zero-order valence-electron chi connectivity index (χ0n) is 12.6. The van der Waals surface area contributed by atoms with Gasteiger partial charge in [0.25, 0.3) is 0 Å². The summed E-state index contributed by atoms with van der Waals surface area (Å²) < 4.78 is 5.59. The Kier molecular flexibility index (Phi) is 5.59. The molecule has 0 aromatic carbocycles. The number of ether oxygens (including phenoxy) is 1. The van der Waals surface area contributed by atoms with E-state index in [2.05, 4.69) is 22.2 Å². The van der Waals surface area contributed by atoms with E-state index in [1.54, 1.807) is 0 Å². The largest absolute Gasteiger partial charge is 0.478 e. The van der Waals surface area contributed by atoms with Crippen LogP contribution in [0.25, 0.3) is 0 Å². The lowest BCUT2D eigenvalue weighted by Crippen LogP contribution is -2.35. The average Bonchev–Trinajstić information content (AvgIpc) is 2.96. The van der Waals surface area contributed by atoms with Gasteiger partial charge in [0.15, 0.2) is 0 Å². The molecule has 0 radical (unpaired) electrons. The molecular formula is C15H26N4O. The van der Waals surface area contributed by atoms with Gasteiger partial charge < -0.3 is 15.8 Å². The van der Waals surface area contributed by atoms with Crippen LogP contribution in [0.4, 0.5) is 5.95 Å². The zero-order valence-corrected chi connectivity index (χ0v) is 12.6. The number of nitrogens with two attached hydrogens (primary N) is 1. The van der Waals surface area contributed by atoms with Gasteiger partial charge in [-0.15, -0.1) is 0 Å². The number of hydrogen-bond donors (Lipinski definition) is 2. The molecule has 2 rings (SSSR count). The second kappa shape index (κ2) is 7.43. The van der Waals surface area contributed by atoms with Crippen molar-refractivity contribution in [1.29, 1.82) is 0 Å². The Morgan fingerprint density at radius 3 is 2.80 bits per heavy atom. The molecule has 0 aliphatic heterocycles. The minimum Gasteiger partial charge on any atom is -0.478 e. The van der Waals surface area contributed by atoms with Gasteiger partial charge in [0, 0.05) is 24.3 Å². The Hall–Kier alpha value is -1.36. The van der Waals surface area contributed by atoms with Crippen LogP contribution < -0.4 is 15.8 Å². The normalized spacial score (nSPS) is 17.1. The maximum Gasteiger partial charge on any atom is 0.226 e. The maximum atomic E-state index is 5.91. The van der Waals surface area contributed by atoms with E-state index in [1.807, 2.05) is 13.0 Å². The van der Waals surface area contributed by atoms with Crippen molar-refractivity contribution in [2.24, 2.45) is 11.7 Å². The number of nitrogens with one attached hydrogen (secondary N) is 1. The molecule has 0 bridgehead atoms. The quantitative estimate of drug-likeness (QED) is 0.801. The first-order valence-electron chi connectivity index (χ1n) is 7.68. The van der Waals surface area contributed by atoms with Crippen LogP contribution in [0.3, 0.4) is 0 Å². The van der Waals surface area contributed by atoms with Crippen molar-refractivity contribution in [3.63, 3.8) is 0 Å². The summed E-state index contributed by atoms with van der Waals surface area (Å²) in [6, 6.07) is 2.13. The fourth-order valence-electron chi connectivity index (χ4n) is 2.78. The van der Waals surface area contributed by atoms with Crippen molar-refractivity contribution in [2.75, 3.05) is 18.5 Å². The van der Waals surface area contributed by atoms with Gasteiger partial charge in [-0.25, -0.2) is 4.98 Å². The van der Waals surface area contributed by atoms with E-state index in [1.165, 1.54) is 25.7 Å². The minimum atomic E-state index is 0.262. The number of anilines is 1. The standard InChI is InChI=1S/C15H26N4O/c1-3-8-20-14-9-11(2)17-15(19-14)18-13(10-16)12-6-4-5-7-12/h9,12-13H,3-8,10,16H2,1-2H3,(H,17,18,19). The molecule has 0 saturated heterocycles. The number of aryl methyl sites for hydroxylation is 1. The summed E-state index contributed by atoms with van der Waals surface area (Å²) in [6.07, 6.45) is 6.09. The van der Waals surface area contributed by atoms with Crippen molar-refractivity contribution >= 4 is 5.95 Å². The molecule has 3 N–H and O–H groups in total. The highest BCUT2D eigenvalue weighted by Crippen LogP contribution is 2.28. The number of aromatic nitrogens is 2. The summed E-state index contributed by atoms with van der Waals surface area (Å²) in [6.45, 7) is 5.34. The van der Waals surface area contributed by atoms with Gasteiger partial charge in [-0.05, 0) is 32.1 Å². The van der Waals surface area contributed by atoms with Gasteiger partial charge in [-0.2, -0.15) is 4.98 Å². The molecule has 1 aliphatic rings. The van der Waals surface area contributed by atoms with Gasteiger partial charge in [0.2, 0.25) is 11.8 Å². The molecule has 20 heavy (non-hydrogen) atoms. The third kappa shape index (κ3) is 4.07. The first kappa shape index (κ1) is 15.0. The SMILES string of the molecule is CCCOc1cc(C)nc(NC(CN)C2CCCC2)n1. The van der Waals surface area contributed by atoms with Crippen LogP contribution in [0.15, 0.2) is 6.07 Å². The molecule has 1 unspecified atom stereocenters. The fraction of sp³-hybridized carbons (Fsp3) is 0.733. The maximum absolute atomic E-state index is 5.91. The van der Waals surface area contributed by atoms with E-state index in [-0.39, 0.29) is 6.04 Å². The summed E-state index contributed by atoms with van der Waals surface area (Å²) in [4.78, 5) is 8.87. The highest BCUT2D eigenvalue weighted by Gasteiger charge is 2.24. The first-order chi connectivity index (χ1) is 9.72. The summed E-state index contributed by atoms with van der Waals surface area (Å²) in [5.41, 5.74) is 6.82. The van der Waals surface area contributed by atoms with E-state index >= 15 is 0 Å². The van der Waals surface area contributed by atoms with Gasteiger partial charge in [0.1, 0.15) is 0 Å². The topological polar surface area (TPSA) is 73.1 Å². The third-order valence-corrected chi connectivity index (χ3v) is 3.82. The predicted octanol–water partition coefficient (Wildman–Crippen LogP) is 2.50. The molecule has 1 aromatic heterocycles. The Labute approximate surface area is 121 Å². The van der Waals surface area contributed by atoms with Gasteiger partial charge in [-0.3, -0.25) is 0 Å².